The van der Waals surface area contributed by atoms with Gasteiger partial charge in [0.15, 0.2) is 0 Å². The number of hydrogen-bond donors (Lipinski definition) is 1. The van der Waals surface area contributed by atoms with Gasteiger partial charge in [-0.2, -0.15) is 0 Å². The first-order valence-electron chi connectivity index (χ1n) is 4.87. The number of benzene rings is 2. The molecule has 1 nitrogen and oxygen atoms in total. The van der Waals surface area contributed by atoms with Crippen molar-refractivity contribution in [2.75, 3.05) is 0 Å². The molecule has 3 heteroatoms. The molecule has 0 radical (unpaired) electrons. The Balaban J connectivity index is 2.42. The molecule has 1 N–H and O–H groups in total. The van der Waals surface area contributed by atoms with Gasteiger partial charge < -0.3 is 5.11 Å². The van der Waals surface area contributed by atoms with Crippen molar-refractivity contribution in [2.24, 2.45) is 0 Å². The predicted octanol–water partition coefficient (Wildman–Crippen LogP) is 3.67. The van der Waals surface area contributed by atoms with Gasteiger partial charge in [-0.25, -0.2) is 4.39 Å². The van der Waals surface area contributed by atoms with Crippen LogP contribution in [0, 0.1) is 5.82 Å². The van der Waals surface area contributed by atoms with Crippen LogP contribution in [0.15, 0.2) is 53.0 Å². The molecule has 2 aromatic rings. The predicted molar refractivity (Wildman–Crippen MR) is 64.6 cm³/mol. The molecule has 0 saturated heterocycles. The van der Waals surface area contributed by atoms with Crippen LogP contribution < -0.4 is 0 Å². The van der Waals surface area contributed by atoms with Gasteiger partial charge in [0.05, 0.1) is 4.47 Å². The van der Waals surface area contributed by atoms with E-state index in [-0.39, 0.29) is 5.56 Å². The van der Waals surface area contributed by atoms with Gasteiger partial charge in [-0.1, -0.05) is 42.5 Å². The van der Waals surface area contributed by atoms with Crippen LogP contribution in [0.1, 0.15) is 17.2 Å². The largest absolute Gasteiger partial charge is 0.384 e. The molecule has 82 valence electrons. The molecular weight excluding hydrogens is 271 g/mol. The molecule has 0 unspecified atom stereocenters. The standard InChI is InChI=1S/C13H10BrFO/c14-11-8-4-7-10(12(11)15)13(16)9-5-2-1-3-6-9/h1-8,13,16H/t13-/m0/s1. The Kier molecular flexibility index (Phi) is 3.36. The van der Waals surface area contributed by atoms with E-state index in [1.807, 2.05) is 18.2 Å². The first-order chi connectivity index (χ1) is 7.70. The van der Waals surface area contributed by atoms with Crippen LogP contribution >= 0.6 is 15.9 Å². The molecule has 1 atom stereocenters. The van der Waals surface area contributed by atoms with Gasteiger partial charge in [-0.05, 0) is 27.6 Å². The molecular formula is C13H10BrFO. The second-order valence-electron chi connectivity index (χ2n) is 3.46. The van der Waals surface area contributed by atoms with E-state index in [4.69, 9.17) is 0 Å². The summed E-state index contributed by atoms with van der Waals surface area (Å²) in [6.45, 7) is 0. The Labute approximate surface area is 102 Å². The molecule has 2 aromatic carbocycles. The lowest BCUT2D eigenvalue weighted by Gasteiger charge is -2.12. The van der Waals surface area contributed by atoms with E-state index in [0.29, 0.717) is 10.0 Å². The van der Waals surface area contributed by atoms with Crippen LogP contribution in [-0.2, 0) is 0 Å². The molecule has 0 spiro atoms. The molecule has 0 aromatic heterocycles. The van der Waals surface area contributed by atoms with Gasteiger partial charge in [0.1, 0.15) is 11.9 Å². The molecule has 0 saturated carbocycles. The van der Waals surface area contributed by atoms with E-state index in [1.165, 1.54) is 0 Å². The lowest BCUT2D eigenvalue weighted by atomic mass is 10.0. The molecule has 0 amide bonds. The topological polar surface area (TPSA) is 20.2 Å². The highest BCUT2D eigenvalue weighted by Gasteiger charge is 2.15. The monoisotopic (exact) mass is 280 g/mol. The molecule has 0 aliphatic heterocycles. The van der Waals surface area contributed by atoms with Crippen molar-refractivity contribution < 1.29 is 9.50 Å². The molecule has 0 bridgehead atoms. The van der Waals surface area contributed by atoms with E-state index in [0.717, 1.165) is 0 Å². The average Bonchev–Trinajstić information content (AvgIpc) is 2.33. The van der Waals surface area contributed by atoms with Crippen LogP contribution in [-0.4, -0.2) is 5.11 Å². The van der Waals surface area contributed by atoms with Crippen molar-refractivity contribution in [3.05, 3.63) is 69.9 Å². The highest BCUT2D eigenvalue weighted by atomic mass is 79.9. The summed E-state index contributed by atoms with van der Waals surface area (Å²) in [5.41, 5.74) is 0.958. The third-order valence-corrected chi connectivity index (χ3v) is 3.00. The van der Waals surface area contributed by atoms with Crippen molar-refractivity contribution in [1.82, 2.24) is 0 Å². The zero-order valence-corrected chi connectivity index (χ0v) is 9.99. The minimum Gasteiger partial charge on any atom is -0.384 e. The Morgan fingerprint density at radius 1 is 1.00 bits per heavy atom. The van der Waals surface area contributed by atoms with Crippen molar-refractivity contribution in [2.45, 2.75) is 6.10 Å². The Morgan fingerprint density at radius 3 is 2.38 bits per heavy atom. The second kappa shape index (κ2) is 4.76. The van der Waals surface area contributed by atoms with Crippen LogP contribution in [0.25, 0.3) is 0 Å². The number of aliphatic hydroxyl groups excluding tert-OH is 1. The summed E-state index contributed by atoms with van der Waals surface area (Å²) in [4.78, 5) is 0. The minimum atomic E-state index is -0.932. The molecule has 0 aliphatic rings. The van der Waals surface area contributed by atoms with Crippen molar-refractivity contribution in [3.8, 4) is 0 Å². The van der Waals surface area contributed by atoms with E-state index in [1.54, 1.807) is 30.3 Å². The average molecular weight is 281 g/mol. The normalized spacial score (nSPS) is 12.4. The first-order valence-corrected chi connectivity index (χ1v) is 5.66. The lowest BCUT2D eigenvalue weighted by molar-refractivity contribution is 0.215. The Hall–Kier alpha value is -1.19. The van der Waals surface area contributed by atoms with E-state index in [2.05, 4.69) is 15.9 Å². The van der Waals surface area contributed by atoms with Crippen molar-refractivity contribution in [1.29, 1.82) is 0 Å². The maximum absolute atomic E-state index is 13.7. The number of halogens is 2. The lowest BCUT2D eigenvalue weighted by Crippen LogP contribution is -2.02. The van der Waals surface area contributed by atoms with Gasteiger partial charge in [-0.3, -0.25) is 0 Å². The van der Waals surface area contributed by atoms with E-state index < -0.39 is 11.9 Å². The van der Waals surface area contributed by atoms with Crippen molar-refractivity contribution >= 4 is 15.9 Å². The van der Waals surface area contributed by atoms with E-state index in [9.17, 15) is 9.50 Å². The van der Waals surface area contributed by atoms with E-state index >= 15 is 0 Å². The highest BCUT2D eigenvalue weighted by Crippen LogP contribution is 2.27. The number of rotatable bonds is 2. The van der Waals surface area contributed by atoms with Gasteiger partial charge in [0.25, 0.3) is 0 Å². The highest BCUT2D eigenvalue weighted by molar-refractivity contribution is 9.10. The third-order valence-electron chi connectivity index (χ3n) is 2.39. The quantitative estimate of drug-likeness (QED) is 0.890. The summed E-state index contributed by atoms with van der Waals surface area (Å²) >= 11 is 3.10. The summed E-state index contributed by atoms with van der Waals surface area (Å²) in [6, 6.07) is 13.9. The minimum absolute atomic E-state index is 0.278. The smallest absolute Gasteiger partial charge is 0.143 e. The van der Waals surface area contributed by atoms with Gasteiger partial charge in [0, 0.05) is 5.56 Å². The Morgan fingerprint density at radius 2 is 1.69 bits per heavy atom. The summed E-state index contributed by atoms with van der Waals surface area (Å²) in [5.74, 6) is -0.418. The van der Waals surface area contributed by atoms with Crippen LogP contribution in [0.4, 0.5) is 4.39 Å². The number of aliphatic hydroxyl groups is 1. The van der Waals surface area contributed by atoms with Gasteiger partial charge in [-0.15, -0.1) is 0 Å². The second-order valence-corrected chi connectivity index (χ2v) is 4.31. The summed E-state index contributed by atoms with van der Waals surface area (Å²) in [5, 5.41) is 10.0. The van der Waals surface area contributed by atoms with Crippen LogP contribution in [0.3, 0.4) is 0 Å². The maximum atomic E-state index is 13.7. The van der Waals surface area contributed by atoms with Crippen LogP contribution in [0.2, 0.25) is 0 Å². The molecule has 16 heavy (non-hydrogen) atoms. The zero-order chi connectivity index (χ0) is 11.5. The maximum Gasteiger partial charge on any atom is 0.143 e. The number of hydrogen-bond acceptors (Lipinski definition) is 1. The molecule has 2 rings (SSSR count). The molecule has 0 fully saturated rings. The summed E-state index contributed by atoms with van der Waals surface area (Å²) < 4.78 is 14.1. The third kappa shape index (κ3) is 2.15. The fourth-order valence-electron chi connectivity index (χ4n) is 1.55. The molecule has 0 heterocycles. The summed E-state index contributed by atoms with van der Waals surface area (Å²) in [6.07, 6.45) is -0.932. The Bertz CT molecular complexity index is 485. The summed E-state index contributed by atoms with van der Waals surface area (Å²) in [7, 11) is 0. The van der Waals surface area contributed by atoms with Gasteiger partial charge in [0.2, 0.25) is 0 Å². The first kappa shape index (κ1) is 11.3. The SMILES string of the molecule is O[C@@H](c1ccccc1)c1cccc(Br)c1F. The van der Waals surface area contributed by atoms with Gasteiger partial charge >= 0.3 is 0 Å². The van der Waals surface area contributed by atoms with Crippen LogP contribution in [0.5, 0.6) is 0 Å². The zero-order valence-electron chi connectivity index (χ0n) is 8.40. The molecule has 0 aliphatic carbocycles. The fourth-order valence-corrected chi connectivity index (χ4v) is 1.93. The van der Waals surface area contributed by atoms with Crippen molar-refractivity contribution in [3.63, 3.8) is 0 Å². The fraction of sp³-hybridized carbons (Fsp3) is 0.0769.